The zero-order valence-corrected chi connectivity index (χ0v) is 11.7. The van der Waals surface area contributed by atoms with Gasteiger partial charge in [-0.25, -0.2) is 4.79 Å². The maximum atomic E-state index is 13.0. The SMILES string of the molecule is N#Cc1ccc(CNC(=O)N2CCNCC2)c(C(F)(F)F)c1. The molecule has 1 heterocycles. The minimum atomic E-state index is -4.57. The van der Waals surface area contributed by atoms with Gasteiger partial charge in [-0.3, -0.25) is 0 Å². The number of benzene rings is 1. The van der Waals surface area contributed by atoms with Gasteiger partial charge in [-0.05, 0) is 17.7 Å². The van der Waals surface area contributed by atoms with Crippen molar-refractivity contribution in [3.8, 4) is 6.07 Å². The third kappa shape index (κ3) is 3.89. The van der Waals surface area contributed by atoms with Gasteiger partial charge in [0.05, 0.1) is 17.2 Å². The van der Waals surface area contributed by atoms with E-state index in [9.17, 15) is 18.0 Å². The van der Waals surface area contributed by atoms with Crippen molar-refractivity contribution in [3.05, 3.63) is 34.9 Å². The number of amides is 2. The van der Waals surface area contributed by atoms with Crippen LogP contribution in [0.4, 0.5) is 18.0 Å². The number of hydrogen-bond acceptors (Lipinski definition) is 3. The zero-order valence-electron chi connectivity index (χ0n) is 11.7. The summed E-state index contributed by atoms with van der Waals surface area (Å²) in [6, 6.07) is 4.62. The molecule has 1 saturated heterocycles. The van der Waals surface area contributed by atoms with E-state index >= 15 is 0 Å². The van der Waals surface area contributed by atoms with Crippen molar-refractivity contribution >= 4 is 6.03 Å². The second kappa shape index (κ2) is 6.66. The predicted molar refractivity (Wildman–Crippen MR) is 72.8 cm³/mol. The van der Waals surface area contributed by atoms with E-state index in [-0.39, 0.29) is 23.7 Å². The van der Waals surface area contributed by atoms with E-state index in [1.165, 1.54) is 12.1 Å². The second-order valence-corrected chi connectivity index (χ2v) is 4.88. The van der Waals surface area contributed by atoms with E-state index in [1.807, 2.05) is 0 Å². The number of hydrogen-bond donors (Lipinski definition) is 2. The van der Waals surface area contributed by atoms with Crippen LogP contribution in [0.5, 0.6) is 0 Å². The average Bonchev–Trinajstić information content (AvgIpc) is 2.52. The third-order valence-corrected chi connectivity index (χ3v) is 3.38. The van der Waals surface area contributed by atoms with Gasteiger partial charge in [0.1, 0.15) is 0 Å². The standard InChI is InChI=1S/C14H15F3N4O/c15-14(16,17)12-7-10(8-18)1-2-11(12)9-20-13(22)21-5-3-19-4-6-21/h1-2,7,19H,3-6,9H2,(H,20,22). The topological polar surface area (TPSA) is 68.2 Å². The molecule has 2 N–H and O–H groups in total. The first-order chi connectivity index (χ1) is 10.4. The predicted octanol–water partition coefficient (Wildman–Crippen LogP) is 1.69. The number of nitrogens with zero attached hydrogens (tertiary/aromatic N) is 2. The Bertz CT molecular complexity index is 589. The number of carbonyl (C=O) groups is 1. The Morgan fingerprint density at radius 1 is 1.36 bits per heavy atom. The molecule has 0 aromatic heterocycles. The monoisotopic (exact) mass is 312 g/mol. The van der Waals surface area contributed by atoms with Crippen LogP contribution in [-0.4, -0.2) is 37.1 Å². The molecular formula is C14H15F3N4O. The molecule has 0 saturated carbocycles. The first-order valence-corrected chi connectivity index (χ1v) is 6.75. The molecule has 0 unspecified atom stereocenters. The summed E-state index contributed by atoms with van der Waals surface area (Å²) in [4.78, 5) is 13.5. The molecule has 0 spiro atoms. The summed E-state index contributed by atoms with van der Waals surface area (Å²) >= 11 is 0. The number of nitriles is 1. The van der Waals surface area contributed by atoms with Gasteiger partial charge in [-0.2, -0.15) is 18.4 Å². The van der Waals surface area contributed by atoms with Gasteiger partial charge < -0.3 is 15.5 Å². The number of alkyl halides is 3. The van der Waals surface area contributed by atoms with Crippen LogP contribution in [0.15, 0.2) is 18.2 Å². The second-order valence-electron chi connectivity index (χ2n) is 4.88. The van der Waals surface area contributed by atoms with E-state index in [0.717, 1.165) is 6.07 Å². The Kier molecular flexibility index (Phi) is 4.88. The fraction of sp³-hybridized carbons (Fsp3) is 0.429. The largest absolute Gasteiger partial charge is 0.416 e. The average molecular weight is 312 g/mol. The lowest BCUT2D eigenvalue weighted by Gasteiger charge is -2.27. The van der Waals surface area contributed by atoms with Crippen molar-refractivity contribution in [2.45, 2.75) is 12.7 Å². The van der Waals surface area contributed by atoms with Crippen LogP contribution >= 0.6 is 0 Å². The lowest BCUT2D eigenvalue weighted by molar-refractivity contribution is -0.138. The van der Waals surface area contributed by atoms with Crippen molar-refractivity contribution < 1.29 is 18.0 Å². The summed E-state index contributed by atoms with van der Waals surface area (Å²) in [5.74, 6) is 0. The number of carbonyl (C=O) groups excluding carboxylic acids is 1. The fourth-order valence-electron chi connectivity index (χ4n) is 2.21. The normalized spacial score (nSPS) is 15.3. The van der Waals surface area contributed by atoms with Gasteiger partial charge in [-0.1, -0.05) is 6.07 Å². The number of rotatable bonds is 2. The van der Waals surface area contributed by atoms with Crippen molar-refractivity contribution in [2.75, 3.05) is 26.2 Å². The molecule has 1 aliphatic heterocycles. The van der Waals surface area contributed by atoms with Crippen LogP contribution in [0.2, 0.25) is 0 Å². The van der Waals surface area contributed by atoms with Gasteiger partial charge in [0, 0.05) is 32.7 Å². The molecule has 2 rings (SSSR count). The molecular weight excluding hydrogens is 297 g/mol. The zero-order chi connectivity index (χ0) is 16.2. The quantitative estimate of drug-likeness (QED) is 0.873. The lowest BCUT2D eigenvalue weighted by atomic mass is 10.0. The molecule has 2 amide bonds. The van der Waals surface area contributed by atoms with Crippen molar-refractivity contribution in [2.24, 2.45) is 0 Å². The van der Waals surface area contributed by atoms with Gasteiger partial charge in [0.25, 0.3) is 0 Å². The maximum absolute atomic E-state index is 13.0. The molecule has 8 heteroatoms. The summed E-state index contributed by atoms with van der Waals surface area (Å²) in [7, 11) is 0. The summed E-state index contributed by atoms with van der Waals surface area (Å²) in [5, 5.41) is 14.3. The number of halogens is 3. The Hall–Kier alpha value is -2.27. The lowest BCUT2D eigenvalue weighted by Crippen LogP contribution is -2.50. The number of piperazine rings is 1. The van der Waals surface area contributed by atoms with Gasteiger partial charge >= 0.3 is 12.2 Å². The summed E-state index contributed by atoms with van der Waals surface area (Å²) in [6.45, 7) is 2.14. The van der Waals surface area contributed by atoms with Crippen molar-refractivity contribution in [1.82, 2.24) is 15.5 Å². The van der Waals surface area contributed by atoms with Crippen LogP contribution in [-0.2, 0) is 12.7 Å². The molecule has 118 valence electrons. The van der Waals surface area contributed by atoms with Crippen molar-refractivity contribution in [1.29, 1.82) is 5.26 Å². The van der Waals surface area contributed by atoms with E-state index < -0.39 is 11.7 Å². The highest BCUT2D eigenvalue weighted by Crippen LogP contribution is 2.32. The first-order valence-electron chi connectivity index (χ1n) is 6.75. The molecule has 1 fully saturated rings. The van der Waals surface area contributed by atoms with Crippen LogP contribution in [0.25, 0.3) is 0 Å². The summed E-state index contributed by atoms with van der Waals surface area (Å²) in [6.07, 6.45) is -4.57. The molecule has 1 aliphatic rings. The molecule has 0 bridgehead atoms. The highest BCUT2D eigenvalue weighted by molar-refractivity contribution is 5.74. The van der Waals surface area contributed by atoms with E-state index in [1.54, 1.807) is 11.0 Å². The van der Waals surface area contributed by atoms with E-state index in [4.69, 9.17) is 5.26 Å². The molecule has 0 aliphatic carbocycles. The first kappa shape index (κ1) is 16.1. The summed E-state index contributed by atoms with van der Waals surface area (Å²) in [5.41, 5.74) is -1.02. The molecule has 1 aromatic rings. The van der Waals surface area contributed by atoms with Crippen LogP contribution < -0.4 is 10.6 Å². The summed E-state index contributed by atoms with van der Waals surface area (Å²) < 4.78 is 39.0. The van der Waals surface area contributed by atoms with E-state index in [0.29, 0.717) is 26.2 Å². The fourth-order valence-corrected chi connectivity index (χ4v) is 2.21. The molecule has 0 atom stereocenters. The Balaban J connectivity index is 2.09. The maximum Gasteiger partial charge on any atom is 0.416 e. The van der Waals surface area contributed by atoms with Crippen molar-refractivity contribution in [3.63, 3.8) is 0 Å². The molecule has 0 radical (unpaired) electrons. The van der Waals surface area contributed by atoms with Crippen LogP contribution in [0, 0.1) is 11.3 Å². The van der Waals surface area contributed by atoms with Gasteiger partial charge in [0.2, 0.25) is 0 Å². The van der Waals surface area contributed by atoms with Crippen LogP contribution in [0.1, 0.15) is 16.7 Å². The Morgan fingerprint density at radius 2 is 2.05 bits per heavy atom. The molecule has 5 nitrogen and oxygen atoms in total. The van der Waals surface area contributed by atoms with Gasteiger partial charge in [0.15, 0.2) is 0 Å². The third-order valence-electron chi connectivity index (χ3n) is 3.38. The highest BCUT2D eigenvalue weighted by atomic mass is 19.4. The Labute approximate surface area is 125 Å². The van der Waals surface area contributed by atoms with Gasteiger partial charge in [-0.15, -0.1) is 0 Å². The minimum Gasteiger partial charge on any atom is -0.334 e. The number of nitrogens with one attached hydrogen (secondary N) is 2. The highest BCUT2D eigenvalue weighted by Gasteiger charge is 2.33. The Morgan fingerprint density at radius 3 is 2.64 bits per heavy atom. The molecule has 22 heavy (non-hydrogen) atoms. The van der Waals surface area contributed by atoms with E-state index in [2.05, 4.69) is 10.6 Å². The molecule has 1 aromatic carbocycles. The number of urea groups is 1. The smallest absolute Gasteiger partial charge is 0.334 e. The van der Waals surface area contributed by atoms with Crippen LogP contribution in [0.3, 0.4) is 0 Å². The minimum absolute atomic E-state index is 0.0602.